The van der Waals surface area contributed by atoms with Gasteiger partial charge < -0.3 is 30.0 Å². The molecule has 1 unspecified atom stereocenters. The second-order valence-corrected chi connectivity index (χ2v) is 11.5. The fourth-order valence-electron chi connectivity index (χ4n) is 5.20. The van der Waals surface area contributed by atoms with E-state index in [1.807, 2.05) is 31.2 Å². The molecule has 2 aromatic heterocycles. The van der Waals surface area contributed by atoms with E-state index in [1.54, 1.807) is 69.5 Å². The van der Waals surface area contributed by atoms with Crippen molar-refractivity contribution in [3.63, 3.8) is 0 Å². The van der Waals surface area contributed by atoms with Crippen LogP contribution < -0.4 is 26.0 Å². The highest BCUT2D eigenvalue weighted by atomic mass is 19.1. The van der Waals surface area contributed by atoms with Crippen molar-refractivity contribution < 1.29 is 23.5 Å². The Morgan fingerprint density at radius 2 is 1.50 bits per heavy atom. The molecule has 0 saturated carbocycles. The number of nitrogen functional groups attached to an aromatic ring is 1. The van der Waals surface area contributed by atoms with Crippen molar-refractivity contribution in [1.82, 2.24) is 14.5 Å². The van der Waals surface area contributed by atoms with E-state index in [9.17, 15) is 18.8 Å². The Balaban J connectivity index is 1.44. The molecule has 1 atom stereocenters. The van der Waals surface area contributed by atoms with E-state index in [4.69, 9.17) is 15.2 Å². The van der Waals surface area contributed by atoms with Gasteiger partial charge in [0.2, 0.25) is 11.3 Å². The second kappa shape index (κ2) is 14.2. The fourth-order valence-corrected chi connectivity index (χ4v) is 5.20. The van der Waals surface area contributed by atoms with Crippen LogP contribution in [0.4, 0.5) is 15.9 Å². The lowest BCUT2D eigenvalue weighted by Crippen LogP contribution is -2.27. The van der Waals surface area contributed by atoms with Crippen molar-refractivity contribution in [3.8, 4) is 44.9 Å². The lowest BCUT2D eigenvalue weighted by atomic mass is 10.0. The van der Waals surface area contributed by atoms with Gasteiger partial charge in [-0.25, -0.2) is 9.37 Å². The average Bonchev–Trinajstić information content (AvgIpc) is 3.09. The molecule has 0 aliphatic heterocycles. The van der Waals surface area contributed by atoms with E-state index in [1.165, 1.54) is 35.4 Å². The number of benzene rings is 3. The summed E-state index contributed by atoms with van der Waals surface area (Å²) in [7, 11) is 6.47. The summed E-state index contributed by atoms with van der Waals surface area (Å²) in [5.74, 6) is 0.328. The predicted octanol–water partition coefficient (Wildman–Crippen LogP) is 6.27. The molecule has 0 radical (unpaired) electrons. The number of nitrogens with zero attached hydrogens (tertiary/aromatic N) is 3. The van der Waals surface area contributed by atoms with Crippen LogP contribution in [0.1, 0.15) is 29.7 Å². The van der Waals surface area contributed by atoms with Crippen LogP contribution in [0.2, 0.25) is 0 Å². The molecular weight excluding hydrogens is 613 g/mol. The number of carbonyl (C=O) groups excluding carboxylic acids is 2. The second-order valence-electron chi connectivity index (χ2n) is 11.5. The van der Waals surface area contributed by atoms with Crippen molar-refractivity contribution in [2.45, 2.75) is 19.4 Å². The van der Waals surface area contributed by atoms with Crippen LogP contribution in [0.25, 0.3) is 33.4 Å². The number of amides is 2. The van der Waals surface area contributed by atoms with Gasteiger partial charge in [-0.1, -0.05) is 30.3 Å². The molecule has 246 valence electrons. The van der Waals surface area contributed by atoms with E-state index in [0.717, 1.165) is 16.7 Å². The smallest absolute Gasteiger partial charge is 0.261 e. The van der Waals surface area contributed by atoms with E-state index < -0.39 is 17.2 Å². The molecule has 11 heteroatoms. The van der Waals surface area contributed by atoms with Crippen LogP contribution >= 0.6 is 0 Å². The number of nitrogens with one attached hydrogen (secondary N) is 1. The van der Waals surface area contributed by atoms with Crippen molar-refractivity contribution in [2.24, 2.45) is 0 Å². The van der Waals surface area contributed by atoms with E-state index >= 15 is 0 Å². The summed E-state index contributed by atoms with van der Waals surface area (Å²) in [5, 5.41) is 2.81. The number of hydrogen-bond acceptors (Lipinski definition) is 7. The number of aromatic nitrogens is 2. The highest BCUT2D eigenvalue weighted by molar-refractivity contribution is 6.04. The molecule has 2 amide bonds. The lowest BCUT2D eigenvalue weighted by Gasteiger charge is -2.20. The Bertz CT molecular complexity index is 2020. The first-order valence-corrected chi connectivity index (χ1v) is 15.1. The van der Waals surface area contributed by atoms with Gasteiger partial charge in [-0.3, -0.25) is 14.4 Å². The van der Waals surface area contributed by atoms with Crippen LogP contribution in [0, 0.1) is 5.82 Å². The van der Waals surface area contributed by atoms with Crippen molar-refractivity contribution in [2.75, 3.05) is 39.4 Å². The van der Waals surface area contributed by atoms with Gasteiger partial charge in [0.1, 0.15) is 17.2 Å². The molecule has 0 aliphatic rings. The number of hydrogen-bond donors (Lipinski definition) is 2. The Labute approximate surface area is 277 Å². The van der Waals surface area contributed by atoms with Gasteiger partial charge in [0.15, 0.2) is 11.5 Å². The first kappa shape index (κ1) is 33.4. The zero-order valence-electron chi connectivity index (χ0n) is 27.3. The molecule has 0 spiro atoms. The molecule has 0 fully saturated rings. The molecule has 3 N–H and O–H groups in total. The van der Waals surface area contributed by atoms with Gasteiger partial charge in [0, 0.05) is 67.5 Å². The summed E-state index contributed by atoms with van der Waals surface area (Å²) in [4.78, 5) is 45.5. The number of rotatable bonds is 10. The number of carbonyl (C=O) groups is 2. The summed E-state index contributed by atoms with van der Waals surface area (Å²) < 4.78 is 26.1. The van der Waals surface area contributed by atoms with E-state index in [-0.39, 0.29) is 29.5 Å². The first-order chi connectivity index (χ1) is 23.0. The average molecular weight is 650 g/mol. The van der Waals surface area contributed by atoms with Crippen LogP contribution in [0.3, 0.4) is 0 Å². The zero-order chi connectivity index (χ0) is 34.5. The summed E-state index contributed by atoms with van der Waals surface area (Å²) in [6.45, 7) is 1.82. The molecular formula is C37H36FN5O5. The number of anilines is 2. The largest absolute Gasteiger partial charge is 0.493 e. The predicted molar refractivity (Wildman–Crippen MR) is 185 cm³/mol. The van der Waals surface area contributed by atoms with Crippen LogP contribution in [-0.2, 0) is 4.79 Å². The Kier molecular flexibility index (Phi) is 9.88. The normalized spacial score (nSPS) is 11.5. The minimum Gasteiger partial charge on any atom is -0.493 e. The summed E-state index contributed by atoms with van der Waals surface area (Å²) in [5.41, 5.74) is 9.84. The third-order valence-electron chi connectivity index (χ3n) is 8.01. The van der Waals surface area contributed by atoms with E-state index in [0.29, 0.717) is 34.1 Å². The maximum absolute atomic E-state index is 13.7. The fraction of sp³-hybridized carbons (Fsp3) is 0.189. The van der Waals surface area contributed by atoms with Crippen LogP contribution in [0.5, 0.6) is 11.5 Å². The highest BCUT2D eigenvalue weighted by Crippen LogP contribution is 2.35. The minimum atomic E-state index is -0.631. The summed E-state index contributed by atoms with van der Waals surface area (Å²) >= 11 is 0. The van der Waals surface area contributed by atoms with Gasteiger partial charge in [0.25, 0.3) is 5.91 Å². The topological polar surface area (TPSA) is 129 Å². The summed E-state index contributed by atoms with van der Waals surface area (Å²) in [6, 6.07) is 19.6. The number of halogens is 1. The van der Waals surface area contributed by atoms with Gasteiger partial charge >= 0.3 is 0 Å². The number of pyridine rings is 2. The third-order valence-corrected chi connectivity index (χ3v) is 8.01. The Morgan fingerprint density at radius 3 is 2.15 bits per heavy atom. The molecule has 3 aromatic carbocycles. The quantitative estimate of drug-likeness (QED) is 0.182. The molecule has 5 rings (SSSR count). The highest BCUT2D eigenvalue weighted by Gasteiger charge is 2.20. The molecule has 10 nitrogen and oxygen atoms in total. The van der Waals surface area contributed by atoms with Crippen molar-refractivity contribution >= 4 is 23.3 Å². The first-order valence-electron chi connectivity index (χ1n) is 15.1. The Hall–Kier alpha value is -5.97. The molecule has 48 heavy (non-hydrogen) atoms. The number of methoxy groups -OCH3 is 2. The Morgan fingerprint density at radius 1 is 0.875 bits per heavy atom. The van der Waals surface area contributed by atoms with Crippen molar-refractivity contribution in [1.29, 1.82) is 0 Å². The van der Waals surface area contributed by atoms with Gasteiger partial charge in [-0.15, -0.1) is 0 Å². The zero-order valence-corrected chi connectivity index (χ0v) is 27.3. The van der Waals surface area contributed by atoms with Gasteiger partial charge in [0.05, 0.1) is 14.2 Å². The van der Waals surface area contributed by atoms with Crippen LogP contribution in [0.15, 0.2) is 96.2 Å². The molecule has 0 aliphatic carbocycles. The summed E-state index contributed by atoms with van der Waals surface area (Å²) in [6.07, 6.45) is 4.85. The molecule has 0 saturated heterocycles. The number of ether oxygens (including phenoxy) is 2. The maximum atomic E-state index is 13.7. The van der Waals surface area contributed by atoms with Gasteiger partial charge in [-0.2, -0.15) is 0 Å². The standard InChI is InChI=1S/C37H36FN5O5/c1-22(16-34(44)42(2)3)43-20-30(24-6-11-27(38)12-7-24)35(45)31(21-43)37(46)41-28-13-8-23(9-14-28)29-17-26(19-40-36(29)39)25-10-15-32(47-4)33(18-25)48-5/h6-15,17-22H,16H2,1-5H3,(H2,39,40)(H,41,46). The minimum absolute atomic E-state index is 0.110. The third kappa shape index (κ3) is 7.20. The number of nitrogens with two attached hydrogens (primary N) is 1. The molecule has 0 bridgehead atoms. The monoisotopic (exact) mass is 649 g/mol. The van der Waals surface area contributed by atoms with E-state index in [2.05, 4.69) is 10.3 Å². The SMILES string of the molecule is COc1ccc(-c2cnc(N)c(-c3ccc(NC(=O)c4cn(C(C)CC(=O)N(C)C)cc(-c5ccc(F)cc5)c4=O)cc3)c2)cc1OC. The maximum Gasteiger partial charge on any atom is 0.261 e. The lowest BCUT2D eigenvalue weighted by molar-refractivity contribution is -0.129. The van der Waals surface area contributed by atoms with Gasteiger partial charge in [-0.05, 0) is 66.1 Å². The molecule has 5 aromatic rings. The van der Waals surface area contributed by atoms with Crippen molar-refractivity contribution in [3.05, 3.63) is 113 Å². The van der Waals surface area contributed by atoms with Crippen LogP contribution in [-0.4, -0.2) is 54.6 Å². The molecule has 2 heterocycles.